The van der Waals surface area contributed by atoms with E-state index in [0.717, 1.165) is 12.8 Å². The molecule has 0 atom stereocenters. The van der Waals surface area contributed by atoms with Crippen molar-refractivity contribution in [3.8, 4) is 0 Å². The summed E-state index contributed by atoms with van der Waals surface area (Å²) in [5, 5.41) is 0. The van der Waals surface area contributed by atoms with Gasteiger partial charge >= 0.3 is 67.3 Å². The average molecular weight is 345 g/mol. The van der Waals surface area contributed by atoms with Gasteiger partial charge in [0, 0.05) is 0 Å². The molecule has 0 aromatic carbocycles. The van der Waals surface area contributed by atoms with Crippen molar-refractivity contribution >= 4 is 48.1 Å². The molecule has 0 spiro atoms. The van der Waals surface area contributed by atoms with Crippen LogP contribution in [0.2, 0.25) is 0 Å². The molecule has 0 radical (unpaired) electrons. The minimum atomic E-state index is -4.48. The van der Waals surface area contributed by atoms with E-state index in [9.17, 15) is 13.0 Å². The van der Waals surface area contributed by atoms with Gasteiger partial charge in [-0.15, -0.1) is 0 Å². The molecule has 0 unspecified atom stereocenters. The summed E-state index contributed by atoms with van der Waals surface area (Å²) in [6, 6.07) is 0. The monoisotopic (exact) mass is 345 g/mol. The summed E-state index contributed by atoms with van der Waals surface area (Å²) in [7, 11) is -4.48. The van der Waals surface area contributed by atoms with Gasteiger partial charge in [0.2, 0.25) is 10.4 Å². The third-order valence-electron chi connectivity index (χ3n) is 2.73. The molecule has 0 amide bonds. The van der Waals surface area contributed by atoms with Gasteiger partial charge in [-0.3, -0.25) is 4.18 Å². The van der Waals surface area contributed by atoms with Crippen molar-refractivity contribution in [2.45, 2.75) is 71.1 Å². The smallest absolute Gasteiger partial charge is 0.870 e. The Morgan fingerprint density at radius 2 is 1.20 bits per heavy atom. The number of rotatable bonds is 12. The van der Waals surface area contributed by atoms with Crippen LogP contribution in [-0.2, 0) is 14.6 Å². The maximum absolute atomic E-state index is 10.1. The van der Waals surface area contributed by atoms with Crippen molar-refractivity contribution in [1.82, 2.24) is 0 Å². The molecule has 1 N–H and O–H groups in total. The van der Waals surface area contributed by atoms with Gasteiger partial charge in [-0.25, -0.2) is 8.42 Å². The molecule has 20 heavy (non-hydrogen) atoms. The van der Waals surface area contributed by atoms with E-state index < -0.39 is 10.4 Å². The van der Waals surface area contributed by atoms with Crippen molar-refractivity contribution in [2.75, 3.05) is 6.61 Å². The van der Waals surface area contributed by atoms with Crippen LogP contribution >= 0.6 is 0 Å². The average Bonchev–Trinajstić information content (AvgIpc) is 2.24. The fourth-order valence-corrected chi connectivity index (χ4v) is 2.07. The first-order chi connectivity index (χ1) is 8.06. The third kappa shape index (κ3) is 28.3. The van der Waals surface area contributed by atoms with Crippen molar-refractivity contribution in [2.24, 2.45) is 0 Å². The Kier molecular flexibility index (Phi) is 31.7. The minimum Gasteiger partial charge on any atom is -0.870 e. The molecule has 0 aromatic rings. The summed E-state index contributed by atoms with van der Waals surface area (Å²) in [4.78, 5) is 0. The third-order valence-corrected chi connectivity index (χ3v) is 3.18. The second-order valence-corrected chi connectivity index (χ2v) is 5.46. The van der Waals surface area contributed by atoms with E-state index in [4.69, 9.17) is 0 Å². The maximum atomic E-state index is 10.1. The molecular weight excluding hydrogens is 319 g/mol. The molecule has 0 bridgehead atoms. The quantitative estimate of drug-likeness (QED) is 0.212. The van der Waals surface area contributed by atoms with Crippen molar-refractivity contribution < 1.29 is 52.2 Å². The van der Waals surface area contributed by atoms with Crippen LogP contribution in [0.4, 0.5) is 0 Å². The maximum Gasteiger partial charge on any atom is 2.00 e. The SMILES string of the molecule is CCCCCCCCCCCCOS(=O)(=O)[O-].[Ca+2].[Na+].[OH-]. The van der Waals surface area contributed by atoms with Crippen molar-refractivity contribution in [3.05, 3.63) is 0 Å². The zero-order chi connectivity index (χ0) is 13.0. The summed E-state index contributed by atoms with van der Waals surface area (Å²) >= 11 is 0. The summed E-state index contributed by atoms with van der Waals surface area (Å²) < 4.78 is 34.5. The molecule has 0 rings (SSSR count). The van der Waals surface area contributed by atoms with Crippen LogP contribution in [-0.4, -0.2) is 62.8 Å². The molecule has 0 aliphatic carbocycles. The van der Waals surface area contributed by atoms with Crippen LogP contribution in [0.15, 0.2) is 0 Å². The van der Waals surface area contributed by atoms with Crippen molar-refractivity contribution in [3.63, 3.8) is 0 Å². The summed E-state index contributed by atoms with van der Waals surface area (Å²) in [5.41, 5.74) is 0. The first-order valence-electron chi connectivity index (χ1n) is 6.66. The molecule has 0 heterocycles. The normalized spacial score (nSPS) is 10.1. The summed E-state index contributed by atoms with van der Waals surface area (Å²) in [6.45, 7) is 2.24. The van der Waals surface area contributed by atoms with Gasteiger partial charge in [-0.05, 0) is 6.42 Å². The van der Waals surface area contributed by atoms with E-state index in [1.54, 1.807) is 0 Å². The van der Waals surface area contributed by atoms with E-state index in [1.807, 2.05) is 0 Å². The second kappa shape index (κ2) is 21.1. The van der Waals surface area contributed by atoms with Gasteiger partial charge in [-0.1, -0.05) is 64.7 Å². The van der Waals surface area contributed by atoms with Gasteiger partial charge in [0.25, 0.3) is 0 Å². The van der Waals surface area contributed by atoms with E-state index >= 15 is 0 Å². The predicted octanol–water partition coefficient (Wildman–Crippen LogP) is -0.169. The standard InChI is InChI=1S/C12H26O4S.Ca.Na.H2O/c1-2-3-4-5-6-7-8-9-10-11-12-16-17(13,14)15;;;/h2-12H2,1H3,(H,13,14,15);;;1H2/q;+2;+1;/p-2. The molecule has 0 aliphatic rings. The molecule has 0 saturated carbocycles. The number of hydrogen-bond donors (Lipinski definition) is 0. The van der Waals surface area contributed by atoms with Crippen LogP contribution in [0.1, 0.15) is 71.1 Å². The van der Waals surface area contributed by atoms with Gasteiger partial charge in [-0.2, -0.15) is 0 Å². The number of unbranched alkanes of at least 4 members (excludes halogenated alkanes) is 9. The fraction of sp³-hybridized carbons (Fsp3) is 1.00. The number of hydrogen-bond acceptors (Lipinski definition) is 5. The van der Waals surface area contributed by atoms with Crippen LogP contribution < -0.4 is 29.6 Å². The van der Waals surface area contributed by atoms with E-state index in [0.29, 0.717) is 6.42 Å². The van der Waals surface area contributed by atoms with Crippen LogP contribution in [0.3, 0.4) is 0 Å². The molecule has 5 nitrogen and oxygen atoms in total. The largest absolute Gasteiger partial charge is 2.00 e. The van der Waals surface area contributed by atoms with E-state index in [2.05, 4.69) is 11.1 Å². The Labute approximate surface area is 176 Å². The van der Waals surface area contributed by atoms with E-state index in [-0.39, 0.29) is 79.4 Å². The summed E-state index contributed by atoms with van der Waals surface area (Å²) in [5.74, 6) is 0. The molecule has 0 aromatic heterocycles. The predicted molar refractivity (Wildman–Crippen MR) is 75.2 cm³/mol. The Bertz CT molecular complexity index is 263. The molecule has 112 valence electrons. The minimum absolute atomic E-state index is 0. The molecule has 0 fully saturated rings. The second-order valence-electron chi connectivity index (χ2n) is 4.41. The topological polar surface area (TPSA) is 96.4 Å². The van der Waals surface area contributed by atoms with Crippen LogP contribution in [0, 0.1) is 0 Å². The van der Waals surface area contributed by atoms with Gasteiger partial charge in [0.15, 0.2) is 0 Å². The molecule has 8 heteroatoms. The van der Waals surface area contributed by atoms with E-state index in [1.165, 1.54) is 44.9 Å². The van der Waals surface area contributed by atoms with Crippen LogP contribution in [0.25, 0.3) is 0 Å². The first kappa shape index (κ1) is 30.0. The zero-order valence-electron chi connectivity index (χ0n) is 13.0. The molecule has 0 aliphatic heterocycles. The Morgan fingerprint density at radius 3 is 1.55 bits per heavy atom. The van der Waals surface area contributed by atoms with Gasteiger partial charge < -0.3 is 10.0 Å². The Morgan fingerprint density at radius 1 is 0.850 bits per heavy atom. The first-order valence-corrected chi connectivity index (χ1v) is 8.00. The summed E-state index contributed by atoms with van der Waals surface area (Å²) in [6.07, 6.45) is 11.7. The van der Waals surface area contributed by atoms with Crippen LogP contribution in [0.5, 0.6) is 0 Å². The zero-order valence-corrected chi connectivity index (χ0v) is 18.0. The fourth-order valence-electron chi connectivity index (χ4n) is 1.75. The molecular formula is C12H26CaNaO5S+. The Hall–Kier alpha value is 2.09. The van der Waals surface area contributed by atoms with Crippen molar-refractivity contribution in [1.29, 1.82) is 0 Å². The molecule has 0 saturated heterocycles. The van der Waals surface area contributed by atoms with Gasteiger partial charge in [0.1, 0.15) is 0 Å². The Balaban J connectivity index is -0.000000427. The van der Waals surface area contributed by atoms with Gasteiger partial charge in [0.05, 0.1) is 6.61 Å².